The highest BCUT2D eigenvalue weighted by molar-refractivity contribution is 6.35. The van der Waals surface area contributed by atoms with E-state index in [4.69, 9.17) is 5.11 Å². The zero-order valence-electron chi connectivity index (χ0n) is 16.4. The third-order valence-electron chi connectivity index (χ3n) is 4.83. The van der Waals surface area contributed by atoms with Gasteiger partial charge in [0.15, 0.2) is 0 Å². The minimum atomic E-state index is -0.718. The van der Waals surface area contributed by atoms with Crippen LogP contribution < -0.4 is 15.5 Å². The lowest BCUT2D eigenvalue weighted by molar-refractivity contribution is -0.139. The van der Waals surface area contributed by atoms with Crippen molar-refractivity contribution in [1.29, 1.82) is 0 Å². The van der Waals surface area contributed by atoms with Crippen LogP contribution >= 0.6 is 0 Å². The van der Waals surface area contributed by atoms with Gasteiger partial charge in [-0.25, -0.2) is 0 Å². The van der Waals surface area contributed by atoms with E-state index in [0.29, 0.717) is 6.54 Å². The minimum absolute atomic E-state index is 0.00417. The van der Waals surface area contributed by atoms with Crippen LogP contribution in [0, 0.1) is 0 Å². The zero-order chi connectivity index (χ0) is 19.8. The number of nitrogens with zero attached hydrogens (tertiary/aromatic N) is 3. The van der Waals surface area contributed by atoms with Gasteiger partial charge in [-0.3, -0.25) is 14.5 Å². The van der Waals surface area contributed by atoms with Gasteiger partial charge in [0, 0.05) is 59.1 Å². The standard InChI is InChI=1S/C19H31N5O3/c1-22(2)16-6-4-15(5-7-16)17(24-11-9-23(3)10-12-24)14-21-19(27)18(26)20-8-13-25/h4-7,17,25H,8-14H2,1-3H3,(H,20,26)(H,21,27)/t17-/m1/s1. The summed E-state index contributed by atoms with van der Waals surface area (Å²) in [4.78, 5) is 30.4. The second-order valence-corrected chi connectivity index (χ2v) is 7.03. The summed E-state index contributed by atoms with van der Waals surface area (Å²) in [6.45, 7) is 3.98. The van der Waals surface area contributed by atoms with Crippen molar-refractivity contribution in [3.05, 3.63) is 29.8 Å². The number of benzene rings is 1. The molecule has 1 aliphatic heterocycles. The van der Waals surface area contributed by atoms with Gasteiger partial charge in [0.2, 0.25) is 0 Å². The molecule has 27 heavy (non-hydrogen) atoms. The summed E-state index contributed by atoms with van der Waals surface area (Å²) in [5.74, 6) is -1.39. The molecule has 1 aromatic carbocycles. The SMILES string of the molecule is CN1CCN([C@H](CNC(=O)C(=O)NCCO)c2ccc(N(C)C)cc2)CC1. The molecule has 1 saturated heterocycles. The smallest absolute Gasteiger partial charge is 0.309 e. The lowest BCUT2D eigenvalue weighted by atomic mass is 10.0. The Bertz CT molecular complexity index is 612. The van der Waals surface area contributed by atoms with Crippen molar-refractivity contribution in [2.24, 2.45) is 0 Å². The van der Waals surface area contributed by atoms with Gasteiger partial charge in [-0.2, -0.15) is 0 Å². The number of carbonyl (C=O) groups is 2. The van der Waals surface area contributed by atoms with Crippen LogP contribution in [0.25, 0.3) is 0 Å². The van der Waals surface area contributed by atoms with Gasteiger partial charge in [0.05, 0.1) is 12.6 Å². The number of amides is 2. The molecule has 1 aliphatic rings. The molecule has 1 heterocycles. The van der Waals surface area contributed by atoms with Crippen LogP contribution in [0.1, 0.15) is 11.6 Å². The molecule has 0 spiro atoms. The first-order valence-corrected chi connectivity index (χ1v) is 9.29. The summed E-state index contributed by atoms with van der Waals surface area (Å²) in [5, 5.41) is 13.9. The van der Waals surface area contributed by atoms with Crippen molar-refractivity contribution in [3.8, 4) is 0 Å². The number of anilines is 1. The molecule has 1 aromatic rings. The molecule has 3 N–H and O–H groups in total. The van der Waals surface area contributed by atoms with E-state index in [1.807, 2.05) is 19.0 Å². The van der Waals surface area contributed by atoms with E-state index in [1.165, 1.54) is 0 Å². The Morgan fingerprint density at radius 3 is 2.22 bits per heavy atom. The topological polar surface area (TPSA) is 88.1 Å². The van der Waals surface area contributed by atoms with Crippen molar-refractivity contribution >= 4 is 17.5 Å². The Hall–Kier alpha value is -2.16. The van der Waals surface area contributed by atoms with Crippen molar-refractivity contribution in [2.75, 3.05) is 71.9 Å². The van der Waals surface area contributed by atoms with Gasteiger partial charge in [-0.15, -0.1) is 0 Å². The zero-order valence-corrected chi connectivity index (χ0v) is 16.4. The molecule has 1 atom stereocenters. The lowest BCUT2D eigenvalue weighted by Crippen LogP contribution is -2.49. The maximum atomic E-state index is 12.0. The number of nitrogens with one attached hydrogen (secondary N) is 2. The normalized spacial score (nSPS) is 16.6. The van der Waals surface area contributed by atoms with E-state index in [1.54, 1.807) is 0 Å². The summed E-state index contributed by atoms with van der Waals surface area (Å²) < 4.78 is 0. The first kappa shape index (κ1) is 21.1. The highest BCUT2D eigenvalue weighted by atomic mass is 16.3. The fraction of sp³-hybridized carbons (Fsp3) is 0.579. The van der Waals surface area contributed by atoms with Gasteiger partial charge in [-0.1, -0.05) is 12.1 Å². The molecule has 0 saturated carbocycles. The van der Waals surface area contributed by atoms with Crippen LogP contribution in [0.5, 0.6) is 0 Å². The molecule has 1 fully saturated rings. The highest BCUT2D eigenvalue weighted by Gasteiger charge is 2.25. The third kappa shape index (κ3) is 6.20. The van der Waals surface area contributed by atoms with Gasteiger partial charge in [0.25, 0.3) is 0 Å². The second kappa shape index (κ2) is 10.2. The molecule has 0 aromatic heterocycles. The van der Waals surface area contributed by atoms with E-state index in [0.717, 1.165) is 37.4 Å². The number of hydrogen-bond acceptors (Lipinski definition) is 6. The first-order chi connectivity index (χ1) is 12.9. The number of aliphatic hydroxyl groups is 1. The van der Waals surface area contributed by atoms with E-state index in [-0.39, 0.29) is 19.2 Å². The predicted octanol–water partition coefficient (Wildman–Crippen LogP) is -0.734. The molecular weight excluding hydrogens is 346 g/mol. The quantitative estimate of drug-likeness (QED) is 0.543. The van der Waals surface area contributed by atoms with Gasteiger partial charge in [0.1, 0.15) is 0 Å². The largest absolute Gasteiger partial charge is 0.395 e. The Morgan fingerprint density at radius 2 is 1.67 bits per heavy atom. The Kier molecular flexibility index (Phi) is 8.02. The van der Waals surface area contributed by atoms with E-state index < -0.39 is 11.8 Å². The fourth-order valence-electron chi connectivity index (χ4n) is 3.11. The number of piperazine rings is 1. The van der Waals surface area contributed by atoms with Crippen LogP contribution in [0.4, 0.5) is 5.69 Å². The average Bonchev–Trinajstić information content (AvgIpc) is 2.67. The van der Waals surface area contributed by atoms with Crippen LogP contribution in [0.3, 0.4) is 0 Å². The minimum Gasteiger partial charge on any atom is -0.395 e. The van der Waals surface area contributed by atoms with Crippen molar-refractivity contribution in [1.82, 2.24) is 20.4 Å². The maximum absolute atomic E-state index is 12.0. The number of likely N-dealkylation sites (N-methyl/N-ethyl adjacent to an activating group) is 1. The summed E-state index contributed by atoms with van der Waals surface area (Å²) in [6, 6.07) is 8.29. The van der Waals surface area contributed by atoms with Gasteiger partial charge >= 0.3 is 11.8 Å². The molecule has 2 rings (SSSR count). The Balaban J connectivity index is 2.07. The van der Waals surface area contributed by atoms with Crippen molar-refractivity contribution < 1.29 is 14.7 Å². The molecular formula is C19H31N5O3. The lowest BCUT2D eigenvalue weighted by Gasteiger charge is -2.38. The molecule has 2 amide bonds. The van der Waals surface area contributed by atoms with Crippen LogP contribution in [-0.4, -0.2) is 93.7 Å². The summed E-state index contributed by atoms with van der Waals surface area (Å²) in [5.41, 5.74) is 2.23. The molecule has 0 radical (unpaired) electrons. The number of carbonyl (C=O) groups excluding carboxylic acids is 2. The number of hydrogen-bond donors (Lipinski definition) is 3. The number of aliphatic hydroxyl groups excluding tert-OH is 1. The van der Waals surface area contributed by atoms with E-state index >= 15 is 0 Å². The highest BCUT2D eigenvalue weighted by Crippen LogP contribution is 2.24. The molecule has 0 unspecified atom stereocenters. The molecule has 8 nitrogen and oxygen atoms in total. The summed E-state index contributed by atoms with van der Waals surface area (Å²) in [7, 11) is 6.10. The number of rotatable bonds is 7. The summed E-state index contributed by atoms with van der Waals surface area (Å²) >= 11 is 0. The predicted molar refractivity (Wildman–Crippen MR) is 106 cm³/mol. The first-order valence-electron chi connectivity index (χ1n) is 9.29. The second-order valence-electron chi connectivity index (χ2n) is 7.03. The van der Waals surface area contributed by atoms with Gasteiger partial charge in [-0.05, 0) is 24.7 Å². The fourth-order valence-corrected chi connectivity index (χ4v) is 3.11. The molecule has 150 valence electrons. The van der Waals surface area contributed by atoms with E-state index in [2.05, 4.69) is 51.7 Å². The molecule has 8 heteroatoms. The third-order valence-corrected chi connectivity index (χ3v) is 4.83. The van der Waals surface area contributed by atoms with Crippen molar-refractivity contribution in [2.45, 2.75) is 6.04 Å². The Labute approximate surface area is 161 Å². The van der Waals surface area contributed by atoms with Crippen LogP contribution in [0.15, 0.2) is 24.3 Å². The van der Waals surface area contributed by atoms with Crippen molar-refractivity contribution in [3.63, 3.8) is 0 Å². The van der Waals surface area contributed by atoms with Gasteiger partial charge < -0.3 is 25.5 Å². The molecule has 0 bridgehead atoms. The monoisotopic (exact) mass is 377 g/mol. The molecule has 0 aliphatic carbocycles. The van der Waals surface area contributed by atoms with Crippen LogP contribution in [-0.2, 0) is 9.59 Å². The maximum Gasteiger partial charge on any atom is 0.309 e. The van der Waals surface area contributed by atoms with Crippen LogP contribution in [0.2, 0.25) is 0 Å². The average molecular weight is 377 g/mol. The Morgan fingerprint density at radius 1 is 1.07 bits per heavy atom. The summed E-state index contributed by atoms with van der Waals surface area (Å²) in [6.07, 6.45) is 0. The van der Waals surface area contributed by atoms with E-state index in [9.17, 15) is 9.59 Å².